The first-order chi connectivity index (χ1) is 6.63. The highest BCUT2D eigenvalue weighted by Gasteiger charge is 2.04. The number of hydrogen-bond acceptors (Lipinski definition) is 1. The molecule has 1 rings (SSSR count). The fourth-order valence-electron chi connectivity index (χ4n) is 0.917. The van der Waals surface area contributed by atoms with E-state index in [1.807, 2.05) is 0 Å². The van der Waals surface area contributed by atoms with Gasteiger partial charge in [-0.3, -0.25) is 4.79 Å². The molecule has 14 heavy (non-hydrogen) atoms. The predicted octanol–water partition coefficient (Wildman–Crippen LogP) is 3.10. The zero-order valence-corrected chi connectivity index (χ0v) is 9.14. The molecule has 0 bridgehead atoms. The fraction of sp³-hybridized carbons (Fsp3) is 0.100. The molecule has 4 heteroatoms. The average Bonchev–Trinajstić information content (AvgIpc) is 2.10. The second-order valence-corrected chi connectivity index (χ2v) is 3.53. The van der Waals surface area contributed by atoms with Crippen LogP contribution in [-0.2, 0) is 4.79 Å². The number of halogens is 2. The maximum atomic E-state index is 13.2. The van der Waals surface area contributed by atoms with E-state index in [4.69, 9.17) is 0 Å². The summed E-state index contributed by atoms with van der Waals surface area (Å²) in [6.45, 7) is 1.72. The third kappa shape index (κ3) is 2.96. The van der Waals surface area contributed by atoms with E-state index in [-0.39, 0.29) is 11.6 Å². The zero-order valence-electron chi connectivity index (χ0n) is 7.55. The van der Waals surface area contributed by atoms with Crippen molar-refractivity contribution in [3.8, 4) is 0 Å². The Morgan fingerprint density at radius 3 is 2.86 bits per heavy atom. The molecule has 1 N–H and O–H groups in total. The van der Waals surface area contributed by atoms with Crippen LogP contribution >= 0.6 is 15.9 Å². The Kier molecular flexibility index (Phi) is 3.83. The molecule has 0 atom stereocenters. The third-order valence-corrected chi connectivity index (χ3v) is 2.00. The van der Waals surface area contributed by atoms with Crippen LogP contribution in [0.2, 0.25) is 0 Å². The van der Waals surface area contributed by atoms with Gasteiger partial charge in [-0.25, -0.2) is 4.39 Å². The number of nitrogens with one attached hydrogen (secondary N) is 1. The number of benzene rings is 1. The Labute approximate surface area is 89.9 Å². The predicted molar refractivity (Wildman–Crippen MR) is 57.5 cm³/mol. The van der Waals surface area contributed by atoms with Gasteiger partial charge < -0.3 is 5.32 Å². The van der Waals surface area contributed by atoms with Crippen molar-refractivity contribution in [3.05, 3.63) is 40.6 Å². The summed E-state index contributed by atoms with van der Waals surface area (Å²) in [5.74, 6) is -0.800. The molecule has 74 valence electrons. The summed E-state index contributed by atoms with van der Waals surface area (Å²) < 4.78 is 13.8. The van der Waals surface area contributed by atoms with Crippen molar-refractivity contribution in [2.45, 2.75) is 6.92 Å². The molecule has 1 aromatic rings. The van der Waals surface area contributed by atoms with Gasteiger partial charge >= 0.3 is 0 Å². The second-order valence-electron chi connectivity index (χ2n) is 2.61. The standard InChI is InChI=1S/C10H9BrFNO/c1-2-3-10(14)13-9-5-4-7(11)6-8(9)12/h2-6H,1H3,(H,13,14)/b3-2+. The summed E-state index contributed by atoms with van der Waals surface area (Å²) >= 11 is 3.13. The highest BCUT2D eigenvalue weighted by Crippen LogP contribution is 2.19. The average molecular weight is 258 g/mol. The molecule has 0 spiro atoms. The molecule has 1 amide bonds. The molecule has 0 aliphatic heterocycles. The molecule has 2 nitrogen and oxygen atoms in total. The number of carbonyl (C=O) groups is 1. The summed E-state index contributed by atoms with van der Waals surface area (Å²) in [7, 11) is 0. The van der Waals surface area contributed by atoms with Crippen molar-refractivity contribution in [1.82, 2.24) is 0 Å². The minimum atomic E-state index is -0.461. The molecule has 0 fully saturated rings. The van der Waals surface area contributed by atoms with Gasteiger partial charge in [0.05, 0.1) is 5.69 Å². The number of amides is 1. The molecule has 0 saturated carbocycles. The smallest absolute Gasteiger partial charge is 0.248 e. The topological polar surface area (TPSA) is 29.1 Å². The Bertz CT molecular complexity index is 376. The van der Waals surface area contributed by atoms with E-state index in [0.29, 0.717) is 4.47 Å². The van der Waals surface area contributed by atoms with E-state index in [2.05, 4.69) is 21.2 Å². The van der Waals surface area contributed by atoms with Gasteiger partial charge in [-0.2, -0.15) is 0 Å². The van der Waals surface area contributed by atoms with Crippen molar-refractivity contribution in [1.29, 1.82) is 0 Å². The molecule has 0 aliphatic carbocycles. The highest BCUT2D eigenvalue weighted by atomic mass is 79.9. The number of hydrogen-bond donors (Lipinski definition) is 1. The molecule has 0 unspecified atom stereocenters. The van der Waals surface area contributed by atoms with Crippen LogP contribution in [0.15, 0.2) is 34.8 Å². The Hall–Kier alpha value is -1.16. The molecular weight excluding hydrogens is 249 g/mol. The minimum Gasteiger partial charge on any atom is -0.320 e. The largest absolute Gasteiger partial charge is 0.320 e. The third-order valence-electron chi connectivity index (χ3n) is 1.51. The molecule has 0 aromatic heterocycles. The van der Waals surface area contributed by atoms with Gasteiger partial charge in [-0.05, 0) is 31.2 Å². The van der Waals surface area contributed by atoms with Crippen LogP contribution in [0.25, 0.3) is 0 Å². The molecule has 0 heterocycles. The van der Waals surface area contributed by atoms with Crippen molar-refractivity contribution < 1.29 is 9.18 Å². The lowest BCUT2D eigenvalue weighted by atomic mass is 10.3. The van der Waals surface area contributed by atoms with E-state index in [9.17, 15) is 9.18 Å². The first-order valence-electron chi connectivity index (χ1n) is 4.02. The highest BCUT2D eigenvalue weighted by molar-refractivity contribution is 9.10. The zero-order chi connectivity index (χ0) is 10.6. The lowest BCUT2D eigenvalue weighted by molar-refractivity contribution is -0.111. The molecule has 0 radical (unpaired) electrons. The molecular formula is C10H9BrFNO. The van der Waals surface area contributed by atoms with E-state index >= 15 is 0 Å². The Balaban J connectivity index is 2.82. The lowest BCUT2D eigenvalue weighted by Gasteiger charge is -2.03. The van der Waals surface area contributed by atoms with Gasteiger partial charge in [0, 0.05) is 4.47 Å². The van der Waals surface area contributed by atoms with Crippen molar-refractivity contribution >= 4 is 27.5 Å². The van der Waals surface area contributed by atoms with E-state index < -0.39 is 5.82 Å². The van der Waals surface area contributed by atoms with Crippen LogP contribution in [0.5, 0.6) is 0 Å². The number of allylic oxidation sites excluding steroid dienone is 1. The summed E-state index contributed by atoms with van der Waals surface area (Å²) in [6.07, 6.45) is 2.92. The normalized spacial score (nSPS) is 10.5. The van der Waals surface area contributed by atoms with Crippen LogP contribution in [0.3, 0.4) is 0 Å². The maximum Gasteiger partial charge on any atom is 0.248 e. The summed E-state index contributed by atoms with van der Waals surface area (Å²) in [5, 5.41) is 2.42. The van der Waals surface area contributed by atoms with Gasteiger partial charge in [0.1, 0.15) is 5.82 Å². The number of rotatable bonds is 2. The van der Waals surface area contributed by atoms with Crippen LogP contribution in [-0.4, -0.2) is 5.91 Å². The first-order valence-corrected chi connectivity index (χ1v) is 4.81. The van der Waals surface area contributed by atoms with Crippen LogP contribution in [0.4, 0.5) is 10.1 Å². The van der Waals surface area contributed by atoms with Gasteiger partial charge in [0.25, 0.3) is 0 Å². The Morgan fingerprint density at radius 2 is 2.29 bits per heavy atom. The quantitative estimate of drug-likeness (QED) is 0.811. The summed E-state index contributed by atoms with van der Waals surface area (Å²) in [4.78, 5) is 11.1. The molecule has 0 saturated heterocycles. The SMILES string of the molecule is C/C=C/C(=O)Nc1ccc(Br)cc1F. The van der Waals surface area contributed by atoms with Gasteiger partial charge in [0.15, 0.2) is 0 Å². The van der Waals surface area contributed by atoms with Gasteiger partial charge in [-0.1, -0.05) is 22.0 Å². The monoisotopic (exact) mass is 257 g/mol. The van der Waals surface area contributed by atoms with Gasteiger partial charge in [-0.15, -0.1) is 0 Å². The van der Waals surface area contributed by atoms with E-state index in [1.165, 1.54) is 18.2 Å². The molecule has 0 aliphatic rings. The Morgan fingerprint density at radius 1 is 1.57 bits per heavy atom. The van der Waals surface area contributed by atoms with Crippen molar-refractivity contribution in [3.63, 3.8) is 0 Å². The van der Waals surface area contributed by atoms with Crippen molar-refractivity contribution in [2.75, 3.05) is 5.32 Å². The lowest BCUT2D eigenvalue weighted by Crippen LogP contribution is -2.08. The molecule has 1 aromatic carbocycles. The van der Waals surface area contributed by atoms with E-state index in [1.54, 1.807) is 19.1 Å². The van der Waals surface area contributed by atoms with E-state index in [0.717, 1.165) is 0 Å². The van der Waals surface area contributed by atoms with Crippen LogP contribution < -0.4 is 5.32 Å². The maximum absolute atomic E-state index is 13.2. The minimum absolute atomic E-state index is 0.177. The number of carbonyl (C=O) groups excluding carboxylic acids is 1. The van der Waals surface area contributed by atoms with Crippen LogP contribution in [0.1, 0.15) is 6.92 Å². The summed E-state index contributed by atoms with van der Waals surface area (Å²) in [6, 6.07) is 4.46. The number of anilines is 1. The second kappa shape index (κ2) is 4.91. The van der Waals surface area contributed by atoms with Crippen LogP contribution in [0, 0.1) is 5.82 Å². The van der Waals surface area contributed by atoms with Crippen molar-refractivity contribution in [2.24, 2.45) is 0 Å². The first kappa shape index (κ1) is 10.9. The summed E-state index contributed by atoms with van der Waals surface area (Å²) in [5.41, 5.74) is 0.177. The fourth-order valence-corrected chi connectivity index (χ4v) is 1.25. The van der Waals surface area contributed by atoms with Gasteiger partial charge in [0.2, 0.25) is 5.91 Å².